The molecule has 0 saturated carbocycles. The molecular formula is C26H22ClN3O5. The van der Waals surface area contributed by atoms with Gasteiger partial charge in [0.25, 0.3) is 11.8 Å². The minimum Gasteiger partial charge on any atom is -0.465 e. The number of amides is 4. The number of anilines is 1. The van der Waals surface area contributed by atoms with Crippen LogP contribution in [-0.4, -0.2) is 35.5 Å². The molecule has 2 aromatic carbocycles. The lowest BCUT2D eigenvalue weighted by molar-refractivity contribution is -0.122. The van der Waals surface area contributed by atoms with E-state index in [0.29, 0.717) is 16.9 Å². The summed E-state index contributed by atoms with van der Waals surface area (Å²) in [6.45, 7) is 5.58. The Balaban J connectivity index is 1.74. The van der Waals surface area contributed by atoms with Crippen LogP contribution in [0.25, 0.3) is 11.8 Å². The number of barbiturate groups is 1. The zero-order chi connectivity index (χ0) is 25.4. The van der Waals surface area contributed by atoms with E-state index in [1.165, 1.54) is 13.2 Å². The highest BCUT2D eigenvalue weighted by Crippen LogP contribution is 2.28. The van der Waals surface area contributed by atoms with E-state index >= 15 is 0 Å². The first-order valence-corrected chi connectivity index (χ1v) is 11.1. The number of methoxy groups -OCH3 is 1. The maximum Gasteiger partial charge on any atom is 0.339 e. The third-order valence-corrected chi connectivity index (χ3v) is 6.09. The van der Waals surface area contributed by atoms with Crippen molar-refractivity contribution in [1.29, 1.82) is 0 Å². The van der Waals surface area contributed by atoms with E-state index in [0.717, 1.165) is 21.9 Å². The molecule has 0 bridgehead atoms. The molecule has 9 heteroatoms. The van der Waals surface area contributed by atoms with Crippen molar-refractivity contribution in [1.82, 2.24) is 9.88 Å². The van der Waals surface area contributed by atoms with Gasteiger partial charge in [-0.2, -0.15) is 0 Å². The quantitative estimate of drug-likeness (QED) is 0.329. The van der Waals surface area contributed by atoms with Gasteiger partial charge in [-0.25, -0.2) is 14.5 Å². The van der Waals surface area contributed by atoms with Crippen LogP contribution in [0.2, 0.25) is 5.02 Å². The van der Waals surface area contributed by atoms with Gasteiger partial charge in [-0.05, 0) is 68.8 Å². The number of urea groups is 1. The molecule has 1 aromatic heterocycles. The Morgan fingerprint density at radius 3 is 2.26 bits per heavy atom. The first-order valence-electron chi connectivity index (χ1n) is 10.7. The second-order valence-corrected chi connectivity index (χ2v) is 8.52. The molecule has 3 aromatic rings. The van der Waals surface area contributed by atoms with Gasteiger partial charge in [-0.3, -0.25) is 14.9 Å². The predicted octanol–water partition coefficient (Wildman–Crippen LogP) is 4.51. The van der Waals surface area contributed by atoms with Crippen molar-refractivity contribution in [2.75, 3.05) is 12.0 Å². The minimum atomic E-state index is -0.799. The topological polar surface area (TPSA) is 97.7 Å². The van der Waals surface area contributed by atoms with Crippen LogP contribution >= 0.6 is 11.6 Å². The van der Waals surface area contributed by atoms with Gasteiger partial charge < -0.3 is 9.30 Å². The van der Waals surface area contributed by atoms with Gasteiger partial charge in [-0.1, -0.05) is 29.3 Å². The summed E-state index contributed by atoms with van der Waals surface area (Å²) in [5, 5.41) is 2.47. The molecule has 178 valence electrons. The summed E-state index contributed by atoms with van der Waals surface area (Å²) in [5.41, 5.74) is 4.27. The number of esters is 1. The average molecular weight is 492 g/mol. The molecule has 35 heavy (non-hydrogen) atoms. The molecule has 1 N–H and O–H groups in total. The first-order chi connectivity index (χ1) is 16.6. The maximum atomic E-state index is 13.2. The molecule has 4 rings (SSSR count). The normalized spacial score (nSPS) is 14.9. The SMILES string of the molecule is COC(=O)c1ccc(-n2c(C)cc(/C=C3\C(=O)NC(=O)N(c4ccc(C)cc4)C3=O)c2C)cc1Cl. The lowest BCUT2D eigenvalue weighted by Gasteiger charge is -2.26. The van der Waals surface area contributed by atoms with Crippen molar-refractivity contribution >= 4 is 47.2 Å². The Labute approximate surface area is 206 Å². The summed E-state index contributed by atoms with van der Waals surface area (Å²) in [6, 6.07) is 12.8. The molecule has 0 aliphatic carbocycles. The highest BCUT2D eigenvalue weighted by molar-refractivity contribution is 6.39. The Morgan fingerprint density at radius 2 is 1.63 bits per heavy atom. The van der Waals surface area contributed by atoms with Crippen molar-refractivity contribution in [3.8, 4) is 5.69 Å². The van der Waals surface area contributed by atoms with Crippen molar-refractivity contribution in [3.63, 3.8) is 0 Å². The highest BCUT2D eigenvalue weighted by atomic mass is 35.5. The standard InChI is InChI=1S/C26H22ClN3O5/c1-14-5-7-18(8-6-14)30-24(32)21(23(31)28-26(30)34)12-17-11-15(2)29(16(17)3)19-9-10-20(22(27)13-19)25(33)35-4/h5-13H,1-4H3,(H,28,31,34)/b21-12+. The molecule has 1 saturated heterocycles. The van der Waals surface area contributed by atoms with Crippen molar-refractivity contribution in [2.45, 2.75) is 20.8 Å². The second-order valence-electron chi connectivity index (χ2n) is 8.11. The molecule has 0 atom stereocenters. The smallest absolute Gasteiger partial charge is 0.339 e. The fraction of sp³-hybridized carbons (Fsp3) is 0.154. The minimum absolute atomic E-state index is 0.163. The Kier molecular flexibility index (Phi) is 6.32. The number of benzene rings is 2. The predicted molar refractivity (Wildman–Crippen MR) is 132 cm³/mol. The van der Waals surface area contributed by atoms with Crippen LogP contribution in [0.4, 0.5) is 10.5 Å². The zero-order valence-corrected chi connectivity index (χ0v) is 20.3. The van der Waals surface area contributed by atoms with Crippen LogP contribution in [0.15, 0.2) is 54.1 Å². The monoisotopic (exact) mass is 491 g/mol. The van der Waals surface area contributed by atoms with E-state index in [9.17, 15) is 19.2 Å². The summed E-state index contributed by atoms with van der Waals surface area (Å²) in [7, 11) is 1.28. The van der Waals surface area contributed by atoms with Gasteiger partial charge in [0, 0.05) is 17.1 Å². The number of ether oxygens (including phenoxy) is 1. The van der Waals surface area contributed by atoms with Crippen LogP contribution in [0.3, 0.4) is 0 Å². The maximum absolute atomic E-state index is 13.2. The molecule has 1 fully saturated rings. The summed E-state index contributed by atoms with van der Waals surface area (Å²) < 4.78 is 6.62. The van der Waals surface area contributed by atoms with E-state index in [4.69, 9.17) is 16.3 Å². The number of carbonyl (C=O) groups is 4. The number of nitrogens with one attached hydrogen (secondary N) is 1. The molecule has 8 nitrogen and oxygen atoms in total. The number of nitrogens with zero attached hydrogens (tertiary/aromatic N) is 2. The number of rotatable bonds is 4. The van der Waals surface area contributed by atoms with E-state index < -0.39 is 23.8 Å². The number of carbonyl (C=O) groups excluding carboxylic acids is 4. The number of aromatic nitrogens is 1. The molecule has 1 aliphatic rings. The van der Waals surface area contributed by atoms with Crippen LogP contribution in [0.1, 0.15) is 32.9 Å². The molecule has 0 unspecified atom stereocenters. The Bertz CT molecular complexity index is 1420. The van der Waals surface area contributed by atoms with Gasteiger partial charge >= 0.3 is 12.0 Å². The number of aryl methyl sites for hydroxylation is 2. The van der Waals surface area contributed by atoms with E-state index in [1.807, 2.05) is 31.4 Å². The molecule has 2 heterocycles. The summed E-state index contributed by atoms with van der Waals surface area (Å²) in [6.07, 6.45) is 1.47. The Hall–Kier alpha value is -4.17. The molecule has 1 aliphatic heterocycles. The Morgan fingerprint density at radius 1 is 0.971 bits per heavy atom. The average Bonchev–Trinajstić information content (AvgIpc) is 3.09. The van der Waals surface area contributed by atoms with Crippen LogP contribution in [0, 0.1) is 20.8 Å². The first kappa shape index (κ1) is 24.0. The summed E-state index contributed by atoms with van der Waals surface area (Å²) in [5.74, 6) is -2.01. The number of hydrogen-bond donors (Lipinski definition) is 1. The van der Waals surface area contributed by atoms with Crippen molar-refractivity contribution in [2.24, 2.45) is 0 Å². The van der Waals surface area contributed by atoms with Crippen LogP contribution in [-0.2, 0) is 14.3 Å². The third kappa shape index (κ3) is 4.36. The molecule has 0 radical (unpaired) electrons. The van der Waals surface area contributed by atoms with Gasteiger partial charge in [0.05, 0.1) is 23.4 Å². The van der Waals surface area contributed by atoms with Crippen LogP contribution in [0.5, 0.6) is 0 Å². The number of imide groups is 2. The van der Waals surface area contributed by atoms with Gasteiger partial charge in [0.15, 0.2) is 0 Å². The largest absolute Gasteiger partial charge is 0.465 e. The number of halogens is 1. The van der Waals surface area contributed by atoms with Gasteiger partial charge in [0.1, 0.15) is 5.57 Å². The van der Waals surface area contributed by atoms with Crippen molar-refractivity contribution < 1.29 is 23.9 Å². The molecular weight excluding hydrogens is 470 g/mol. The highest BCUT2D eigenvalue weighted by Gasteiger charge is 2.37. The number of hydrogen-bond acceptors (Lipinski definition) is 5. The van der Waals surface area contributed by atoms with Gasteiger partial charge in [-0.15, -0.1) is 0 Å². The second kappa shape index (κ2) is 9.23. The summed E-state index contributed by atoms with van der Waals surface area (Å²) in [4.78, 5) is 51.0. The third-order valence-electron chi connectivity index (χ3n) is 5.78. The summed E-state index contributed by atoms with van der Waals surface area (Å²) >= 11 is 6.29. The van der Waals surface area contributed by atoms with E-state index in [2.05, 4.69) is 5.32 Å². The lowest BCUT2D eigenvalue weighted by atomic mass is 10.1. The lowest BCUT2D eigenvalue weighted by Crippen LogP contribution is -2.54. The van der Waals surface area contributed by atoms with E-state index in [-0.39, 0.29) is 16.2 Å². The molecule has 4 amide bonds. The van der Waals surface area contributed by atoms with E-state index in [1.54, 1.807) is 42.5 Å². The van der Waals surface area contributed by atoms with Crippen LogP contribution < -0.4 is 10.2 Å². The zero-order valence-electron chi connectivity index (χ0n) is 19.5. The van der Waals surface area contributed by atoms with Crippen molar-refractivity contribution in [3.05, 3.63) is 87.2 Å². The molecule has 0 spiro atoms. The fourth-order valence-corrected chi connectivity index (χ4v) is 4.24. The van der Waals surface area contributed by atoms with Gasteiger partial charge in [0.2, 0.25) is 0 Å². The fourth-order valence-electron chi connectivity index (χ4n) is 3.99.